The van der Waals surface area contributed by atoms with Gasteiger partial charge in [0, 0.05) is 16.5 Å². The molecule has 0 radical (unpaired) electrons. The number of thiophene rings is 1. The minimum Gasteiger partial charge on any atom is -0.477 e. The standard InChI is InChI=1S/C14H15NO2S2/c1-14(2,3)9-4-5-12(15-7-9)19-10-6-11(13(16)17)18-8-10/h4-8H,1-3H3,(H,16,17). The smallest absolute Gasteiger partial charge is 0.345 e. The van der Waals surface area contributed by atoms with Crippen LogP contribution in [0.4, 0.5) is 0 Å². The molecule has 0 unspecified atom stereocenters. The zero-order valence-electron chi connectivity index (χ0n) is 11.0. The number of carboxylic acids is 1. The highest BCUT2D eigenvalue weighted by atomic mass is 32.2. The van der Waals surface area contributed by atoms with Crippen LogP contribution >= 0.6 is 23.1 Å². The van der Waals surface area contributed by atoms with Crippen molar-refractivity contribution in [2.24, 2.45) is 0 Å². The fourth-order valence-corrected chi connectivity index (χ4v) is 3.17. The van der Waals surface area contributed by atoms with Crippen LogP contribution in [0.2, 0.25) is 0 Å². The second-order valence-corrected chi connectivity index (χ2v) is 7.19. The number of aromatic nitrogens is 1. The van der Waals surface area contributed by atoms with Gasteiger partial charge in [0.1, 0.15) is 9.90 Å². The Balaban J connectivity index is 2.13. The molecule has 0 saturated heterocycles. The molecule has 0 saturated carbocycles. The Bertz CT molecular complexity index is 582. The molecule has 2 rings (SSSR count). The maximum atomic E-state index is 10.8. The molecule has 3 nitrogen and oxygen atoms in total. The Morgan fingerprint density at radius 3 is 2.58 bits per heavy atom. The van der Waals surface area contributed by atoms with Crippen LogP contribution < -0.4 is 0 Å². The van der Waals surface area contributed by atoms with Gasteiger partial charge in [-0.25, -0.2) is 9.78 Å². The molecule has 0 aliphatic heterocycles. The third-order valence-electron chi connectivity index (χ3n) is 2.61. The minimum atomic E-state index is -0.882. The lowest BCUT2D eigenvalue weighted by atomic mass is 9.88. The first kappa shape index (κ1) is 14.1. The predicted molar refractivity (Wildman–Crippen MR) is 78.3 cm³/mol. The molecule has 0 aliphatic rings. The third-order valence-corrected chi connectivity index (χ3v) is 4.60. The third kappa shape index (κ3) is 3.58. The second kappa shape index (κ2) is 5.35. The Hall–Kier alpha value is -1.33. The summed E-state index contributed by atoms with van der Waals surface area (Å²) in [6.45, 7) is 6.44. The Kier molecular flexibility index (Phi) is 3.96. The lowest BCUT2D eigenvalue weighted by Gasteiger charge is -2.18. The van der Waals surface area contributed by atoms with Gasteiger partial charge in [-0.2, -0.15) is 0 Å². The van der Waals surface area contributed by atoms with E-state index in [0.29, 0.717) is 4.88 Å². The van der Waals surface area contributed by atoms with E-state index >= 15 is 0 Å². The van der Waals surface area contributed by atoms with Crippen LogP contribution in [-0.2, 0) is 5.41 Å². The van der Waals surface area contributed by atoms with Crippen molar-refractivity contribution in [2.45, 2.75) is 36.1 Å². The van der Waals surface area contributed by atoms with E-state index in [4.69, 9.17) is 5.11 Å². The Morgan fingerprint density at radius 1 is 1.37 bits per heavy atom. The molecule has 0 aliphatic carbocycles. The zero-order chi connectivity index (χ0) is 14.0. The number of pyridine rings is 1. The average Bonchev–Trinajstić information content (AvgIpc) is 2.77. The maximum absolute atomic E-state index is 10.8. The normalized spacial score (nSPS) is 11.5. The monoisotopic (exact) mass is 293 g/mol. The van der Waals surface area contributed by atoms with Crippen LogP contribution in [-0.4, -0.2) is 16.1 Å². The van der Waals surface area contributed by atoms with Crippen LogP contribution in [0.15, 0.2) is 39.7 Å². The number of rotatable bonds is 3. The Labute approximate surface area is 120 Å². The van der Waals surface area contributed by atoms with Crippen molar-refractivity contribution in [3.63, 3.8) is 0 Å². The van der Waals surface area contributed by atoms with E-state index in [1.54, 1.807) is 6.07 Å². The van der Waals surface area contributed by atoms with E-state index in [1.807, 2.05) is 17.6 Å². The lowest BCUT2D eigenvalue weighted by molar-refractivity contribution is 0.0702. The summed E-state index contributed by atoms with van der Waals surface area (Å²) < 4.78 is 0. The van der Waals surface area contributed by atoms with Crippen molar-refractivity contribution in [3.8, 4) is 0 Å². The van der Waals surface area contributed by atoms with E-state index in [-0.39, 0.29) is 5.41 Å². The highest BCUT2D eigenvalue weighted by Gasteiger charge is 2.14. The van der Waals surface area contributed by atoms with Crippen LogP contribution in [0, 0.1) is 0 Å². The molecule has 0 aromatic carbocycles. The van der Waals surface area contributed by atoms with E-state index in [1.165, 1.54) is 28.7 Å². The van der Waals surface area contributed by atoms with E-state index in [0.717, 1.165) is 9.92 Å². The fourth-order valence-electron chi connectivity index (χ4n) is 1.49. The van der Waals surface area contributed by atoms with Gasteiger partial charge in [0.2, 0.25) is 0 Å². The molecule has 5 heteroatoms. The van der Waals surface area contributed by atoms with Gasteiger partial charge in [0.15, 0.2) is 0 Å². The highest BCUT2D eigenvalue weighted by molar-refractivity contribution is 7.99. The molecule has 0 atom stereocenters. The highest BCUT2D eigenvalue weighted by Crippen LogP contribution is 2.31. The molecule has 100 valence electrons. The van der Waals surface area contributed by atoms with Crippen molar-refractivity contribution in [1.29, 1.82) is 0 Å². The first-order chi connectivity index (χ1) is 8.86. The van der Waals surface area contributed by atoms with Crippen molar-refractivity contribution in [2.75, 3.05) is 0 Å². The van der Waals surface area contributed by atoms with Gasteiger partial charge in [0.25, 0.3) is 0 Å². The van der Waals surface area contributed by atoms with Gasteiger partial charge in [-0.15, -0.1) is 11.3 Å². The SMILES string of the molecule is CC(C)(C)c1ccc(Sc2csc(C(=O)O)c2)nc1. The van der Waals surface area contributed by atoms with Crippen molar-refractivity contribution >= 4 is 29.1 Å². The minimum absolute atomic E-state index is 0.0923. The van der Waals surface area contributed by atoms with Gasteiger partial charge in [0.05, 0.1) is 0 Å². The molecule has 0 bridgehead atoms. The number of hydrogen-bond acceptors (Lipinski definition) is 4. The molecule has 2 aromatic heterocycles. The van der Waals surface area contributed by atoms with Crippen LogP contribution in [0.3, 0.4) is 0 Å². The van der Waals surface area contributed by atoms with Crippen molar-refractivity contribution in [1.82, 2.24) is 4.98 Å². The summed E-state index contributed by atoms with van der Waals surface area (Å²) >= 11 is 2.72. The van der Waals surface area contributed by atoms with Crippen LogP contribution in [0.1, 0.15) is 36.0 Å². The van der Waals surface area contributed by atoms with Gasteiger partial charge in [-0.1, -0.05) is 38.6 Å². The van der Waals surface area contributed by atoms with E-state index in [9.17, 15) is 4.79 Å². The van der Waals surface area contributed by atoms with E-state index < -0.39 is 5.97 Å². The van der Waals surface area contributed by atoms with Gasteiger partial charge < -0.3 is 5.11 Å². The van der Waals surface area contributed by atoms with Gasteiger partial charge in [-0.05, 0) is 23.1 Å². The zero-order valence-corrected chi connectivity index (χ0v) is 12.6. The fraction of sp³-hybridized carbons (Fsp3) is 0.286. The van der Waals surface area contributed by atoms with Gasteiger partial charge >= 0.3 is 5.97 Å². The summed E-state index contributed by atoms with van der Waals surface area (Å²) in [6.07, 6.45) is 1.88. The second-order valence-electron chi connectivity index (χ2n) is 5.19. The van der Waals surface area contributed by atoms with Crippen molar-refractivity contribution in [3.05, 3.63) is 40.2 Å². The predicted octanol–water partition coefficient (Wildman–Crippen LogP) is 4.29. The maximum Gasteiger partial charge on any atom is 0.345 e. The molecule has 0 amide bonds. The summed E-state index contributed by atoms with van der Waals surface area (Å²) in [7, 11) is 0. The van der Waals surface area contributed by atoms with Gasteiger partial charge in [-0.3, -0.25) is 0 Å². The van der Waals surface area contributed by atoms with Crippen LogP contribution in [0.5, 0.6) is 0 Å². The first-order valence-electron chi connectivity index (χ1n) is 5.82. The number of carboxylic acid groups (broad SMARTS) is 1. The molecular formula is C14H15NO2S2. The number of carbonyl (C=O) groups is 1. The summed E-state index contributed by atoms with van der Waals surface area (Å²) in [4.78, 5) is 16.5. The number of nitrogens with zero attached hydrogens (tertiary/aromatic N) is 1. The Morgan fingerprint density at radius 2 is 2.11 bits per heavy atom. The molecular weight excluding hydrogens is 278 g/mol. The molecule has 0 spiro atoms. The molecule has 2 aromatic rings. The molecule has 0 fully saturated rings. The topological polar surface area (TPSA) is 50.2 Å². The summed E-state index contributed by atoms with van der Waals surface area (Å²) in [6, 6.07) is 5.72. The van der Waals surface area contributed by atoms with Crippen LogP contribution in [0.25, 0.3) is 0 Å². The van der Waals surface area contributed by atoms with E-state index in [2.05, 4.69) is 31.8 Å². The molecule has 2 heterocycles. The summed E-state index contributed by atoms with van der Waals surface area (Å²) in [5.74, 6) is -0.882. The summed E-state index contributed by atoms with van der Waals surface area (Å²) in [5.41, 5.74) is 1.28. The lowest BCUT2D eigenvalue weighted by Crippen LogP contribution is -2.11. The summed E-state index contributed by atoms with van der Waals surface area (Å²) in [5, 5.41) is 11.6. The quantitative estimate of drug-likeness (QED) is 0.917. The first-order valence-corrected chi connectivity index (χ1v) is 7.52. The molecule has 1 N–H and O–H groups in total. The number of hydrogen-bond donors (Lipinski definition) is 1. The van der Waals surface area contributed by atoms with Crippen molar-refractivity contribution < 1.29 is 9.90 Å². The number of aromatic carboxylic acids is 1. The molecule has 19 heavy (non-hydrogen) atoms. The largest absolute Gasteiger partial charge is 0.477 e. The average molecular weight is 293 g/mol.